The lowest BCUT2D eigenvalue weighted by Crippen LogP contribution is -2.40. The molecule has 1 N–H and O–H groups in total. The molecule has 1 aromatic carbocycles. The third-order valence-electron chi connectivity index (χ3n) is 6.29. The lowest BCUT2D eigenvalue weighted by atomic mass is 9.92. The van der Waals surface area contributed by atoms with E-state index in [0.717, 1.165) is 21.0 Å². The van der Waals surface area contributed by atoms with Gasteiger partial charge in [0.05, 0.1) is 17.8 Å². The molecule has 1 saturated carbocycles. The molecule has 30 heavy (non-hydrogen) atoms. The summed E-state index contributed by atoms with van der Waals surface area (Å²) in [6, 6.07) is 19.6. The van der Waals surface area contributed by atoms with Gasteiger partial charge in [0.1, 0.15) is 0 Å². The van der Waals surface area contributed by atoms with E-state index in [0.29, 0.717) is 6.04 Å². The van der Waals surface area contributed by atoms with Crippen LogP contribution in [0.2, 0.25) is 0 Å². The third kappa shape index (κ3) is 3.67. The second-order valence-electron chi connectivity index (χ2n) is 8.11. The van der Waals surface area contributed by atoms with Crippen LogP contribution in [0.4, 0.5) is 0 Å². The Balaban J connectivity index is 1.60. The van der Waals surface area contributed by atoms with Gasteiger partial charge >= 0.3 is 0 Å². The fourth-order valence-corrected chi connectivity index (χ4v) is 5.56. The van der Waals surface area contributed by atoms with Crippen molar-refractivity contribution in [2.75, 3.05) is 0 Å². The standard InChI is InChI=1S/C24H25BrN4S/c25-17-11-13-18(14-12-17)28-16-6-10-21(28)23-22(20-9-4-5-15-26-20)27-24(30)29(23)19-7-2-1-3-8-19/h4-6,9-16,19,22-23H,1-3,7-8H2,(H,27,30)/t22-,23+/m0/s1. The molecule has 2 aromatic heterocycles. The van der Waals surface area contributed by atoms with E-state index in [9.17, 15) is 0 Å². The molecule has 4 nitrogen and oxygen atoms in total. The first-order valence-electron chi connectivity index (χ1n) is 10.7. The van der Waals surface area contributed by atoms with Gasteiger partial charge in [-0.25, -0.2) is 0 Å². The van der Waals surface area contributed by atoms with E-state index >= 15 is 0 Å². The number of benzene rings is 1. The van der Waals surface area contributed by atoms with Gasteiger partial charge in [0.2, 0.25) is 0 Å². The lowest BCUT2D eigenvalue weighted by Gasteiger charge is -2.37. The molecule has 6 heteroatoms. The van der Waals surface area contributed by atoms with Crippen LogP contribution < -0.4 is 5.32 Å². The van der Waals surface area contributed by atoms with Gasteiger partial charge in [-0.1, -0.05) is 41.3 Å². The van der Waals surface area contributed by atoms with Crippen LogP contribution in [-0.4, -0.2) is 25.6 Å². The highest BCUT2D eigenvalue weighted by Gasteiger charge is 2.44. The molecule has 1 saturated heterocycles. The predicted molar refractivity (Wildman–Crippen MR) is 128 cm³/mol. The molecule has 0 amide bonds. The Morgan fingerprint density at radius 3 is 2.50 bits per heavy atom. The van der Waals surface area contributed by atoms with Crippen LogP contribution in [0.15, 0.2) is 71.5 Å². The molecule has 1 aliphatic carbocycles. The molecule has 5 rings (SSSR count). The van der Waals surface area contributed by atoms with Crippen molar-refractivity contribution in [1.29, 1.82) is 0 Å². The van der Waals surface area contributed by atoms with E-state index < -0.39 is 0 Å². The maximum atomic E-state index is 5.90. The van der Waals surface area contributed by atoms with Crippen molar-refractivity contribution < 1.29 is 0 Å². The van der Waals surface area contributed by atoms with E-state index in [-0.39, 0.29) is 12.1 Å². The van der Waals surface area contributed by atoms with Gasteiger partial charge in [0, 0.05) is 34.3 Å². The SMILES string of the molecule is S=C1N[C@@H](c2ccccn2)[C@@H](c2cccn2-c2ccc(Br)cc2)N1C1CCCCC1. The summed E-state index contributed by atoms with van der Waals surface area (Å²) in [5.74, 6) is 0. The Morgan fingerprint density at radius 2 is 1.77 bits per heavy atom. The Kier molecular flexibility index (Phi) is 5.61. The molecule has 0 spiro atoms. The number of halogens is 1. The summed E-state index contributed by atoms with van der Waals surface area (Å²) in [6.07, 6.45) is 10.3. The minimum Gasteiger partial charge on any atom is -0.352 e. The van der Waals surface area contributed by atoms with Crippen LogP contribution in [0.5, 0.6) is 0 Å². The van der Waals surface area contributed by atoms with Gasteiger partial charge < -0.3 is 14.8 Å². The highest BCUT2D eigenvalue weighted by atomic mass is 79.9. The second-order valence-corrected chi connectivity index (χ2v) is 9.41. The third-order valence-corrected chi connectivity index (χ3v) is 7.15. The van der Waals surface area contributed by atoms with Crippen molar-refractivity contribution in [3.8, 4) is 5.69 Å². The minimum absolute atomic E-state index is 0.0322. The molecular weight excluding hydrogens is 456 g/mol. The number of pyridine rings is 1. The first kappa shape index (κ1) is 19.8. The summed E-state index contributed by atoms with van der Waals surface area (Å²) in [5.41, 5.74) is 3.43. The quantitative estimate of drug-likeness (QED) is 0.468. The molecule has 154 valence electrons. The molecule has 3 heterocycles. The molecular formula is C24H25BrN4S. The number of nitrogens with one attached hydrogen (secondary N) is 1. The molecule has 0 radical (unpaired) electrons. The largest absolute Gasteiger partial charge is 0.352 e. The first-order chi connectivity index (χ1) is 14.7. The van der Waals surface area contributed by atoms with Crippen molar-refractivity contribution in [3.05, 3.63) is 82.9 Å². The van der Waals surface area contributed by atoms with Crippen molar-refractivity contribution >= 4 is 33.3 Å². The zero-order valence-corrected chi connectivity index (χ0v) is 19.1. The van der Waals surface area contributed by atoms with Crippen LogP contribution in [0.3, 0.4) is 0 Å². The maximum absolute atomic E-state index is 5.90. The zero-order valence-electron chi connectivity index (χ0n) is 16.7. The predicted octanol–water partition coefficient (Wildman–Crippen LogP) is 5.94. The molecule has 3 aromatic rings. The van der Waals surface area contributed by atoms with Crippen molar-refractivity contribution in [3.63, 3.8) is 0 Å². The number of rotatable bonds is 4. The summed E-state index contributed by atoms with van der Waals surface area (Å²) in [6.45, 7) is 0. The Hall–Kier alpha value is -2.18. The van der Waals surface area contributed by atoms with Gasteiger partial charge in [-0.3, -0.25) is 4.98 Å². The van der Waals surface area contributed by atoms with Crippen molar-refractivity contribution in [2.24, 2.45) is 0 Å². The van der Waals surface area contributed by atoms with Gasteiger partial charge in [0.15, 0.2) is 5.11 Å². The monoisotopic (exact) mass is 480 g/mol. The summed E-state index contributed by atoms with van der Waals surface area (Å²) >= 11 is 9.45. The van der Waals surface area contributed by atoms with Crippen LogP contribution in [0.1, 0.15) is 55.6 Å². The number of nitrogens with zero attached hydrogens (tertiary/aromatic N) is 3. The van der Waals surface area contributed by atoms with E-state index in [1.165, 1.54) is 37.8 Å². The zero-order chi connectivity index (χ0) is 20.5. The number of hydrogen-bond acceptors (Lipinski definition) is 2. The molecule has 2 aliphatic rings. The van der Waals surface area contributed by atoms with Crippen LogP contribution >= 0.6 is 28.1 Å². The molecule has 0 bridgehead atoms. The minimum atomic E-state index is 0.0322. The average Bonchev–Trinajstić information content (AvgIpc) is 3.40. The number of thiocarbonyl (C=S) groups is 1. The lowest BCUT2D eigenvalue weighted by molar-refractivity contribution is 0.193. The van der Waals surface area contributed by atoms with Crippen molar-refractivity contribution in [1.82, 2.24) is 19.8 Å². The normalized spacial score (nSPS) is 22.3. The van der Waals surface area contributed by atoms with E-state index in [2.05, 4.69) is 90.4 Å². The van der Waals surface area contributed by atoms with Gasteiger partial charge in [-0.15, -0.1) is 0 Å². The second kappa shape index (κ2) is 8.52. The first-order valence-corrected chi connectivity index (χ1v) is 11.9. The fourth-order valence-electron chi connectivity index (χ4n) is 4.91. The summed E-state index contributed by atoms with van der Waals surface area (Å²) in [5, 5.41) is 4.47. The summed E-state index contributed by atoms with van der Waals surface area (Å²) in [7, 11) is 0. The number of aromatic nitrogens is 2. The highest BCUT2D eigenvalue weighted by molar-refractivity contribution is 9.10. The maximum Gasteiger partial charge on any atom is 0.170 e. The Bertz CT molecular complexity index is 1010. The van der Waals surface area contributed by atoms with E-state index in [4.69, 9.17) is 12.2 Å². The van der Waals surface area contributed by atoms with Gasteiger partial charge in [-0.2, -0.15) is 0 Å². The highest BCUT2D eigenvalue weighted by Crippen LogP contribution is 2.43. The van der Waals surface area contributed by atoms with Crippen molar-refractivity contribution in [2.45, 2.75) is 50.2 Å². The van der Waals surface area contributed by atoms with E-state index in [1.54, 1.807) is 0 Å². The average molecular weight is 481 g/mol. The molecule has 0 unspecified atom stereocenters. The smallest absolute Gasteiger partial charge is 0.170 e. The fraction of sp³-hybridized carbons (Fsp3) is 0.333. The topological polar surface area (TPSA) is 33.1 Å². The van der Waals surface area contributed by atoms with Crippen LogP contribution in [0, 0.1) is 0 Å². The summed E-state index contributed by atoms with van der Waals surface area (Å²) in [4.78, 5) is 7.16. The van der Waals surface area contributed by atoms with Gasteiger partial charge in [0.25, 0.3) is 0 Å². The number of hydrogen-bond donors (Lipinski definition) is 1. The molecule has 2 atom stereocenters. The van der Waals surface area contributed by atoms with E-state index in [1.807, 2.05) is 12.3 Å². The molecule has 1 aliphatic heterocycles. The summed E-state index contributed by atoms with van der Waals surface area (Å²) < 4.78 is 3.37. The van der Waals surface area contributed by atoms with Crippen LogP contribution in [-0.2, 0) is 0 Å². The van der Waals surface area contributed by atoms with Gasteiger partial charge in [-0.05, 0) is 73.6 Å². The Morgan fingerprint density at radius 1 is 0.967 bits per heavy atom. The molecule has 2 fully saturated rings. The Labute approximate surface area is 191 Å². The van der Waals surface area contributed by atoms with Crippen LogP contribution in [0.25, 0.3) is 5.69 Å².